The molecule has 0 atom stereocenters. The molecule has 8 heteroatoms. The van der Waals surface area contributed by atoms with Crippen LogP contribution in [0.4, 0.5) is 5.69 Å². The third kappa shape index (κ3) is 6.78. The first-order chi connectivity index (χ1) is 14.9. The van der Waals surface area contributed by atoms with Crippen molar-refractivity contribution in [1.82, 2.24) is 15.1 Å². The van der Waals surface area contributed by atoms with Crippen LogP contribution >= 0.6 is 0 Å². The van der Waals surface area contributed by atoms with Crippen LogP contribution in [0.15, 0.2) is 48.5 Å². The van der Waals surface area contributed by atoms with Crippen LogP contribution in [0.2, 0.25) is 0 Å². The molecular formula is C23H32N4O3S. The van der Waals surface area contributed by atoms with E-state index in [2.05, 4.69) is 32.8 Å². The SMILES string of the molecule is CCN1CCN(Cc2ccccc2CNC(=O)c2cccc(NS(=O)(=O)CC)c2)CC1. The van der Waals surface area contributed by atoms with Crippen molar-refractivity contribution < 1.29 is 13.2 Å². The monoisotopic (exact) mass is 444 g/mol. The summed E-state index contributed by atoms with van der Waals surface area (Å²) in [6, 6.07) is 14.7. The van der Waals surface area contributed by atoms with Gasteiger partial charge in [-0.25, -0.2) is 8.42 Å². The molecule has 2 aromatic carbocycles. The van der Waals surface area contributed by atoms with E-state index in [1.54, 1.807) is 31.2 Å². The first-order valence-corrected chi connectivity index (χ1v) is 12.5. The molecule has 1 fully saturated rings. The highest BCUT2D eigenvalue weighted by Gasteiger charge is 2.17. The Hall–Kier alpha value is -2.42. The van der Waals surface area contributed by atoms with Gasteiger partial charge in [-0.15, -0.1) is 0 Å². The van der Waals surface area contributed by atoms with E-state index in [-0.39, 0.29) is 11.7 Å². The quantitative estimate of drug-likeness (QED) is 0.621. The number of sulfonamides is 1. The number of carbonyl (C=O) groups excluding carboxylic acids is 1. The molecule has 2 N–H and O–H groups in total. The molecule has 2 aromatic rings. The number of amides is 1. The lowest BCUT2D eigenvalue weighted by atomic mass is 10.1. The molecular weight excluding hydrogens is 412 g/mol. The van der Waals surface area contributed by atoms with Gasteiger partial charge in [0.2, 0.25) is 10.0 Å². The molecule has 1 aliphatic heterocycles. The summed E-state index contributed by atoms with van der Waals surface area (Å²) in [7, 11) is -3.38. The minimum absolute atomic E-state index is 0.0201. The van der Waals surface area contributed by atoms with Gasteiger partial charge in [-0.1, -0.05) is 37.3 Å². The van der Waals surface area contributed by atoms with Crippen LogP contribution in [0, 0.1) is 0 Å². The minimum atomic E-state index is -3.38. The standard InChI is InChI=1S/C23H32N4O3S/c1-3-26-12-14-27(15-13-26)18-21-9-6-5-8-20(21)17-24-23(28)19-10-7-11-22(16-19)25-31(29,30)4-2/h5-11,16,25H,3-4,12-15,17-18H2,1-2H3,(H,24,28). The van der Waals surface area contributed by atoms with E-state index < -0.39 is 10.0 Å². The van der Waals surface area contributed by atoms with Gasteiger partial charge >= 0.3 is 0 Å². The van der Waals surface area contributed by atoms with Gasteiger partial charge in [-0.3, -0.25) is 14.4 Å². The predicted octanol–water partition coefficient (Wildman–Crippen LogP) is 2.52. The fraction of sp³-hybridized carbons (Fsp3) is 0.435. The molecule has 168 valence electrons. The number of rotatable bonds is 9. The zero-order valence-corrected chi connectivity index (χ0v) is 19.1. The number of nitrogens with one attached hydrogen (secondary N) is 2. The topological polar surface area (TPSA) is 81.8 Å². The Kier molecular flexibility index (Phi) is 8.06. The van der Waals surface area contributed by atoms with Crippen molar-refractivity contribution in [2.75, 3.05) is 43.2 Å². The lowest BCUT2D eigenvalue weighted by Crippen LogP contribution is -2.45. The van der Waals surface area contributed by atoms with E-state index in [1.165, 1.54) is 5.56 Å². The fourth-order valence-corrected chi connectivity index (χ4v) is 4.27. The minimum Gasteiger partial charge on any atom is -0.348 e. The van der Waals surface area contributed by atoms with E-state index >= 15 is 0 Å². The molecule has 0 spiro atoms. The molecule has 0 saturated carbocycles. The highest BCUT2D eigenvalue weighted by atomic mass is 32.2. The number of anilines is 1. The third-order valence-electron chi connectivity index (χ3n) is 5.64. The Morgan fingerprint density at radius 1 is 0.935 bits per heavy atom. The second-order valence-corrected chi connectivity index (χ2v) is 9.76. The first kappa shape index (κ1) is 23.2. The van der Waals surface area contributed by atoms with Crippen molar-refractivity contribution in [3.63, 3.8) is 0 Å². The van der Waals surface area contributed by atoms with Crippen molar-refractivity contribution in [1.29, 1.82) is 0 Å². The first-order valence-electron chi connectivity index (χ1n) is 10.8. The lowest BCUT2D eigenvalue weighted by Gasteiger charge is -2.34. The van der Waals surface area contributed by atoms with E-state index in [0.717, 1.165) is 44.8 Å². The summed E-state index contributed by atoms with van der Waals surface area (Å²) in [6.07, 6.45) is 0. The number of hydrogen-bond acceptors (Lipinski definition) is 5. The maximum atomic E-state index is 12.7. The number of benzene rings is 2. The average molecular weight is 445 g/mol. The van der Waals surface area contributed by atoms with E-state index in [9.17, 15) is 13.2 Å². The lowest BCUT2D eigenvalue weighted by molar-refractivity contribution is 0.0950. The van der Waals surface area contributed by atoms with Gasteiger partial charge in [-0.05, 0) is 42.8 Å². The summed E-state index contributed by atoms with van der Waals surface area (Å²) in [6.45, 7) is 10.4. The second kappa shape index (κ2) is 10.7. The maximum Gasteiger partial charge on any atom is 0.251 e. The summed E-state index contributed by atoms with van der Waals surface area (Å²) in [5.41, 5.74) is 3.12. The van der Waals surface area contributed by atoms with Crippen molar-refractivity contribution in [3.8, 4) is 0 Å². The van der Waals surface area contributed by atoms with Crippen molar-refractivity contribution in [3.05, 3.63) is 65.2 Å². The summed E-state index contributed by atoms with van der Waals surface area (Å²) in [5, 5.41) is 2.97. The number of piperazine rings is 1. The smallest absolute Gasteiger partial charge is 0.251 e. The molecule has 3 rings (SSSR count). The molecule has 1 amide bonds. The molecule has 0 aromatic heterocycles. The predicted molar refractivity (Wildman–Crippen MR) is 125 cm³/mol. The summed E-state index contributed by atoms with van der Waals surface area (Å²) in [4.78, 5) is 17.6. The van der Waals surface area contributed by atoms with E-state index in [1.807, 2.05) is 18.2 Å². The molecule has 0 bridgehead atoms. The van der Waals surface area contributed by atoms with Gasteiger partial charge in [0.15, 0.2) is 0 Å². The largest absolute Gasteiger partial charge is 0.348 e. The molecule has 7 nitrogen and oxygen atoms in total. The maximum absolute atomic E-state index is 12.7. The Labute approximate surface area is 185 Å². The van der Waals surface area contributed by atoms with Crippen molar-refractivity contribution in [2.45, 2.75) is 26.9 Å². The molecule has 0 radical (unpaired) electrons. The Morgan fingerprint density at radius 2 is 1.61 bits per heavy atom. The van der Waals surface area contributed by atoms with Crippen molar-refractivity contribution >= 4 is 21.6 Å². The van der Waals surface area contributed by atoms with Gasteiger partial charge in [0.25, 0.3) is 5.91 Å². The van der Waals surface area contributed by atoms with Gasteiger partial charge in [0.1, 0.15) is 0 Å². The van der Waals surface area contributed by atoms with Crippen LogP contribution in [0.5, 0.6) is 0 Å². The average Bonchev–Trinajstić information content (AvgIpc) is 2.78. The second-order valence-electron chi connectivity index (χ2n) is 7.75. The number of nitrogens with zero attached hydrogens (tertiary/aromatic N) is 2. The summed E-state index contributed by atoms with van der Waals surface area (Å²) < 4.78 is 26.0. The molecule has 0 aliphatic carbocycles. The molecule has 31 heavy (non-hydrogen) atoms. The number of carbonyl (C=O) groups is 1. The molecule has 1 saturated heterocycles. The van der Waals surface area contributed by atoms with Crippen LogP contribution < -0.4 is 10.0 Å². The van der Waals surface area contributed by atoms with Crippen LogP contribution in [-0.2, 0) is 23.1 Å². The van der Waals surface area contributed by atoms with Crippen LogP contribution in [-0.4, -0.2) is 62.6 Å². The molecule has 1 aliphatic rings. The normalized spacial score (nSPS) is 15.5. The summed E-state index contributed by atoms with van der Waals surface area (Å²) >= 11 is 0. The highest BCUT2D eigenvalue weighted by Crippen LogP contribution is 2.15. The zero-order chi connectivity index (χ0) is 22.3. The van der Waals surface area contributed by atoms with Crippen LogP contribution in [0.25, 0.3) is 0 Å². The third-order valence-corrected chi connectivity index (χ3v) is 6.95. The summed E-state index contributed by atoms with van der Waals surface area (Å²) in [5.74, 6) is -0.253. The number of likely N-dealkylation sites (N-methyl/N-ethyl adjacent to an activating group) is 1. The Bertz CT molecular complexity index is 986. The van der Waals surface area contributed by atoms with Gasteiger partial charge in [0, 0.05) is 50.5 Å². The van der Waals surface area contributed by atoms with Crippen LogP contribution in [0.3, 0.4) is 0 Å². The van der Waals surface area contributed by atoms with Gasteiger partial charge in [-0.2, -0.15) is 0 Å². The number of hydrogen-bond donors (Lipinski definition) is 2. The molecule has 1 heterocycles. The molecule has 0 unspecified atom stereocenters. The van der Waals surface area contributed by atoms with Crippen LogP contribution in [0.1, 0.15) is 35.3 Å². The van der Waals surface area contributed by atoms with Crippen molar-refractivity contribution in [2.24, 2.45) is 0 Å². The van der Waals surface area contributed by atoms with E-state index in [4.69, 9.17) is 0 Å². The van der Waals surface area contributed by atoms with Gasteiger partial charge in [0.05, 0.1) is 5.75 Å². The highest BCUT2D eigenvalue weighted by molar-refractivity contribution is 7.92. The zero-order valence-electron chi connectivity index (χ0n) is 18.3. The van der Waals surface area contributed by atoms with Gasteiger partial charge < -0.3 is 10.2 Å². The Balaban J connectivity index is 1.61. The van der Waals surface area contributed by atoms with E-state index in [0.29, 0.717) is 17.8 Å². The Morgan fingerprint density at radius 3 is 2.29 bits per heavy atom. The fourth-order valence-electron chi connectivity index (χ4n) is 3.64.